The maximum absolute atomic E-state index is 4.42. The van der Waals surface area contributed by atoms with Gasteiger partial charge in [0.25, 0.3) is 0 Å². The highest BCUT2D eigenvalue weighted by atomic mass is 32.2. The van der Waals surface area contributed by atoms with Crippen molar-refractivity contribution in [2.24, 2.45) is 4.99 Å². The molecular formula is C16H25N5S. The Labute approximate surface area is 137 Å². The van der Waals surface area contributed by atoms with Crippen LogP contribution >= 0.6 is 11.8 Å². The Morgan fingerprint density at radius 3 is 2.86 bits per heavy atom. The molecule has 0 unspecified atom stereocenters. The monoisotopic (exact) mass is 319 g/mol. The Kier molecular flexibility index (Phi) is 7.09. The number of guanidine groups is 1. The second kappa shape index (κ2) is 9.35. The molecule has 0 aliphatic carbocycles. The van der Waals surface area contributed by atoms with E-state index in [2.05, 4.69) is 37.7 Å². The topological polar surface area (TPSA) is 43.8 Å². The summed E-state index contributed by atoms with van der Waals surface area (Å²) in [5.41, 5.74) is 0. The van der Waals surface area contributed by atoms with Gasteiger partial charge in [-0.25, -0.2) is 4.98 Å². The predicted molar refractivity (Wildman–Crippen MR) is 96.9 cm³/mol. The van der Waals surface area contributed by atoms with Gasteiger partial charge in [0.15, 0.2) is 5.96 Å². The SMILES string of the molecule is C=CCSCCNC(=NC)N1CCN(c2ccccn2)CC1. The number of hydrogen-bond acceptors (Lipinski definition) is 4. The number of aliphatic imine (C=N–C) groups is 1. The van der Waals surface area contributed by atoms with Gasteiger partial charge in [0.05, 0.1) is 0 Å². The molecule has 1 saturated heterocycles. The van der Waals surface area contributed by atoms with Gasteiger partial charge >= 0.3 is 0 Å². The van der Waals surface area contributed by atoms with Gasteiger partial charge in [0, 0.05) is 57.5 Å². The van der Waals surface area contributed by atoms with Gasteiger partial charge in [-0.05, 0) is 12.1 Å². The number of thioether (sulfide) groups is 1. The molecule has 1 aromatic heterocycles. The molecule has 0 atom stereocenters. The summed E-state index contributed by atoms with van der Waals surface area (Å²) in [5.74, 6) is 4.13. The molecule has 6 heteroatoms. The second-order valence-electron chi connectivity index (χ2n) is 5.00. The highest BCUT2D eigenvalue weighted by Crippen LogP contribution is 2.12. The number of nitrogens with zero attached hydrogens (tertiary/aromatic N) is 4. The Balaban J connectivity index is 1.76. The van der Waals surface area contributed by atoms with Crippen molar-refractivity contribution in [2.45, 2.75) is 0 Å². The van der Waals surface area contributed by atoms with E-state index in [1.807, 2.05) is 43.2 Å². The van der Waals surface area contributed by atoms with Crippen molar-refractivity contribution in [2.75, 3.05) is 56.2 Å². The third kappa shape index (κ3) is 4.94. The molecule has 22 heavy (non-hydrogen) atoms. The van der Waals surface area contributed by atoms with Crippen molar-refractivity contribution < 1.29 is 0 Å². The second-order valence-corrected chi connectivity index (χ2v) is 6.15. The lowest BCUT2D eigenvalue weighted by molar-refractivity contribution is 0.372. The van der Waals surface area contributed by atoms with Crippen LogP contribution < -0.4 is 10.2 Å². The molecule has 2 rings (SSSR count). The van der Waals surface area contributed by atoms with Gasteiger partial charge in [-0.3, -0.25) is 4.99 Å². The molecule has 1 N–H and O–H groups in total. The number of anilines is 1. The van der Waals surface area contributed by atoms with Crippen LogP contribution in [-0.4, -0.2) is 67.1 Å². The van der Waals surface area contributed by atoms with Gasteiger partial charge in [0.1, 0.15) is 5.82 Å². The first-order valence-electron chi connectivity index (χ1n) is 7.65. The molecule has 0 aromatic carbocycles. The molecule has 2 heterocycles. The van der Waals surface area contributed by atoms with Crippen molar-refractivity contribution in [3.05, 3.63) is 37.1 Å². The molecule has 0 spiro atoms. The minimum Gasteiger partial charge on any atom is -0.355 e. The van der Waals surface area contributed by atoms with Crippen molar-refractivity contribution >= 4 is 23.5 Å². The summed E-state index contributed by atoms with van der Waals surface area (Å²) < 4.78 is 0. The molecule has 0 bridgehead atoms. The van der Waals surface area contributed by atoms with Gasteiger partial charge in [-0.1, -0.05) is 12.1 Å². The predicted octanol–water partition coefficient (Wildman–Crippen LogP) is 1.70. The number of rotatable bonds is 6. The van der Waals surface area contributed by atoms with Gasteiger partial charge in [0.2, 0.25) is 0 Å². The van der Waals surface area contributed by atoms with Crippen molar-refractivity contribution in [3.8, 4) is 0 Å². The molecule has 5 nitrogen and oxygen atoms in total. The van der Waals surface area contributed by atoms with Crippen molar-refractivity contribution in [1.82, 2.24) is 15.2 Å². The number of hydrogen-bond donors (Lipinski definition) is 1. The van der Waals surface area contributed by atoms with E-state index in [-0.39, 0.29) is 0 Å². The first-order valence-corrected chi connectivity index (χ1v) is 8.81. The fraction of sp³-hybridized carbons (Fsp3) is 0.500. The molecule has 1 aliphatic heterocycles. The van der Waals surface area contributed by atoms with Gasteiger partial charge < -0.3 is 15.1 Å². The van der Waals surface area contributed by atoms with Crippen LogP contribution in [0, 0.1) is 0 Å². The Morgan fingerprint density at radius 2 is 2.23 bits per heavy atom. The zero-order valence-corrected chi connectivity index (χ0v) is 14.1. The smallest absolute Gasteiger partial charge is 0.193 e. The van der Waals surface area contributed by atoms with E-state index in [9.17, 15) is 0 Å². The van der Waals surface area contributed by atoms with Crippen LogP contribution in [0.1, 0.15) is 0 Å². The maximum atomic E-state index is 4.42. The van der Waals surface area contributed by atoms with Crippen LogP contribution in [0.25, 0.3) is 0 Å². The van der Waals surface area contributed by atoms with Gasteiger partial charge in [-0.2, -0.15) is 11.8 Å². The van der Waals surface area contributed by atoms with Crippen LogP contribution in [-0.2, 0) is 0 Å². The van der Waals surface area contributed by atoms with Crippen molar-refractivity contribution in [3.63, 3.8) is 0 Å². The zero-order valence-electron chi connectivity index (χ0n) is 13.2. The Morgan fingerprint density at radius 1 is 1.41 bits per heavy atom. The highest BCUT2D eigenvalue weighted by Gasteiger charge is 2.19. The van der Waals surface area contributed by atoms with E-state index in [1.165, 1.54) is 0 Å². The molecule has 120 valence electrons. The largest absolute Gasteiger partial charge is 0.355 e. The lowest BCUT2D eigenvalue weighted by Gasteiger charge is -2.37. The average molecular weight is 319 g/mol. The first-order chi connectivity index (χ1) is 10.8. The molecule has 0 saturated carbocycles. The molecular weight excluding hydrogens is 294 g/mol. The van der Waals surface area contributed by atoms with Gasteiger partial charge in [-0.15, -0.1) is 6.58 Å². The summed E-state index contributed by atoms with van der Waals surface area (Å²) in [6, 6.07) is 6.06. The fourth-order valence-corrected chi connectivity index (χ4v) is 3.00. The van der Waals surface area contributed by atoms with E-state index in [1.54, 1.807) is 0 Å². The van der Waals surface area contributed by atoms with Crippen molar-refractivity contribution in [1.29, 1.82) is 0 Å². The number of pyridine rings is 1. The Hall–Kier alpha value is -1.69. The summed E-state index contributed by atoms with van der Waals surface area (Å²) >= 11 is 1.88. The van der Waals surface area contributed by atoms with Crippen LogP contribution in [0.2, 0.25) is 0 Å². The zero-order chi connectivity index (χ0) is 15.6. The molecule has 1 fully saturated rings. The summed E-state index contributed by atoms with van der Waals surface area (Å²) in [5, 5.41) is 3.44. The minimum absolute atomic E-state index is 0.936. The van der Waals surface area contributed by atoms with E-state index in [0.717, 1.165) is 56.0 Å². The summed E-state index contributed by atoms with van der Waals surface area (Å²) in [7, 11) is 1.85. The molecule has 1 aliphatic rings. The van der Waals surface area contributed by atoms with Crippen LogP contribution in [0.3, 0.4) is 0 Å². The maximum Gasteiger partial charge on any atom is 0.193 e. The third-order valence-electron chi connectivity index (χ3n) is 3.53. The van der Waals surface area contributed by atoms with E-state index < -0.39 is 0 Å². The lowest BCUT2D eigenvalue weighted by Crippen LogP contribution is -2.53. The first kappa shape index (κ1) is 16.7. The fourth-order valence-electron chi connectivity index (χ4n) is 2.42. The van der Waals surface area contributed by atoms with Crippen LogP contribution in [0.15, 0.2) is 42.0 Å². The average Bonchev–Trinajstić information content (AvgIpc) is 2.59. The summed E-state index contributed by atoms with van der Waals surface area (Å²) in [4.78, 5) is 13.5. The number of aromatic nitrogens is 1. The standard InChI is InChI=1S/C16H25N5S/c1-3-13-22-14-8-19-16(17-2)21-11-9-20(10-12-21)15-6-4-5-7-18-15/h3-7H,1,8-14H2,2H3,(H,17,19). The highest BCUT2D eigenvalue weighted by molar-refractivity contribution is 7.99. The molecule has 0 radical (unpaired) electrons. The van der Waals surface area contributed by atoms with E-state index in [4.69, 9.17) is 0 Å². The molecule has 0 amide bonds. The van der Waals surface area contributed by atoms with Crippen LogP contribution in [0.5, 0.6) is 0 Å². The lowest BCUT2D eigenvalue weighted by atomic mass is 10.3. The third-order valence-corrected chi connectivity index (χ3v) is 4.49. The summed E-state index contributed by atoms with van der Waals surface area (Å²) in [6.07, 6.45) is 3.79. The molecule has 1 aromatic rings. The number of nitrogens with one attached hydrogen (secondary N) is 1. The quantitative estimate of drug-likeness (QED) is 0.374. The van der Waals surface area contributed by atoms with E-state index in [0.29, 0.717) is 0 Å². The van der Waals surface area contributed by atoms with E-state index >= 15 is 0 Å². The Bertz CT molecular complexity index is 469. The number of piperazine rings is 1. The minimum atomic E-state index is 0.936. The summed E-state index contributed by atoms with van der Waals surface area (Å²) in [6.45, 7) is 8.56. The van der Waals surface area contributed by atoms with Crippen LogP contribution in [0.4, 0.5) is 5.82 Å². The normalized spacial score (nSPS) is 15.8.